The van der Waals surface area contributed by atoms with Crippen LogP contribution in [0.4, 0.5) is 0 Å². The van der Waals surface area contributed by atoms with Crippen LogP contribution in [-0.4, -0.2) is 40.0 Å². The number of amides is 2. The van der Waals surface area contributed by atoms with E-state index in [4.69, 9.17) is 5.73 Å². The Labute approximate surface area is 114 Å². The number of thioether (sulfide) groups is 1. The zero-order chi connectivity index (χ0) is 13.0. The highest BCUT2D eigenvalue weighted by molar-refractivity contribution is 8.01. The Morgan fingerprint density at radius 3 is 3.06 bits per heavy atom. The molecule has 98 valence electrons. The number of aromatic nitrogens is 1. The Hall–Kier alpha value is -1.08. The number of thiazole rings is 1. The van der Waals surface area contributed by atoms with Crippen molar-refractivity contribution >= 4 is 34.9 Å². The first-order chi connectivity index (χ1) is 8.68. The third-order valence-electron chi connectivity index (χ3n) is 2.88. The predicted octanol–water partition coefficient (Wildman–Crippen LogP) is 1.10. The van der Waals surface area contributed by atoms with Crippen LogP contribution in [-0.2, 0) is 9.59 Å². The summed E-state index contributed by atoms with van der Waals surface area (Å²) in [6, 6.07) is -0.428. The summed E-state index contributed by atoms with van der Waals surface area (Å²) in [5, 5.41) is 1.87. The van der Waals surface area contributed by atoms with E-state index in [9.17, 15) is 9.59 Å². The fourth-order valence-electron chi connectivity index (χ4n) is 2.01. The number of carbonyl (C=O) groups is 2. The highest BCUT2D eigenvalue weighted by Crippen LogP contribution is 2.23. The Kier molecular flexibility index (Phi) is 4.60. The van der Waals surface area contributed by atoms with Gasteiger partial charge in [0, 0.05) is 18.1 Å². The average Bonchev–Trinajstić information content (AvgIpc) is 2.89. The van der Waals surface area contributed by atoms with E-state index in [1.165, 1.54) is 23.1 Å². The van der Waals surface area contributed by atoms with Crippen molar-refractivity contribution in [1.29, 1.82) is 0 Å². The monoisotopic (exact) mass is 285 g/mol. The summed E-state index contributed by atoms with van der Waals surface area (Å²) in [5.74, 6) is -0.113. The second kappa shape index (κ2) is 6.19. The van der Waals surface area contributed by atoms with Gasteiger partial charge in [0.1, 0.15) is 10.4 Å². The molecule has 1 unspecified atom stereocenters. The number of hydrogen-bond donors (Lipinski definition) is 1. The maximum Gasteiger partial charge on any atom is 0.240 e. The second-order valence-corrected chi connectivity index (χ2v) is 6.20. The van der Waals surface area contributed by atoms with Gasteiger partial charge >= 0.3 is 0 Å². The van der Waals surface area contributed by atoms with Crippen molar-refractivity contribution < 1.29 is 9.59 Å². The first kappa shape index (κ1) is 13.4. The quantitative estimate of drug-likeness (QED) is 0.841. The molecular formula is C11H15N3O2S2. The van der Waals surface area contributed by atoms with Crippen LogP contribution in [0.2, 0.25) is 0 Å². The van der Waals surface area contributed by atoms with Crippen molar-refractivity contribution in [3.05, 3.63) is 11.6 Å². The Morgan fingerprint density at radius 1 is 1.56 bits per heavy atom. The minimum atomic E-state index is -0.428. The summed E-state index contributed by atoms with van der Waals surface area (Å²) in [6.07, 6.45) is 4.29. The molecule has 2 heterocycles. The Bertz CT molecular complexity index is 422. The molecule has 1 atom stereocenters. The summed E-state index contributed by atoms with van der Waals surface area (Å²) in [4.78, 5) is 29.1. The third-order valence-corrected chi connectivity index (χ3v) is 4.83. The standard InChI is InChI=1S/C11H15N3O2S2/c12-10(16)8-3-1-2-5-14(8)9(15)7-18-11-13-4-6-17-11/h4,6,8H,1-3,5,7H2,(H2,12,16). The van der Waals surface area contributed by atoms with Gasteiger partial charge in [0.25, 0.3) is 0 Å². The predicted molar refractivity (Wildman–Crippen MR) is 71.4 cm³/mol. The molecule has 1 aliphatic heterocycles. The first-order valence-corrected chi connectivity index (χ1v) is 7.66. The molecule has 1 aromatic rings. The molecule has 0 aliphatic carbocycles. The van der Waals surface area contributed by atoms with E-state index in [-0.39, 0.29) is 5.91 Å². The molecule has 0 aromatic carbocycles. The number of nitrogens with two attached hydrogens (primary N) is 1. The fraction of sp³-hybridized carbons (Fsp3) is 0.545. The lowest BCUT2D eigenvalue weighted by atomic mass is 10.0. The molecule has 1 aromatic heterocycles. The lowest BCUT2D eigenvalue weighted by Crippen LogP contribution is -2.51. The Balaban J connectivity index is 1.92. The lowest BCUT2D eigenvalue weighted by molar-refractivity contribution is -0.138. The van der Waals surface area contributed by atoms with Crippen LogP contribution in [0.15, 0.2) is 15.9 Å². The normalized spacial score (nSPS) is 19.8. The molecule has 2 rings (SSSR count). The van der Waals surface area contributed by atoms with Gasteiger partial charge in [-0.15, -0.1) is 11.3 Å². The molecular weight excluding hydrogens is 270 g/mol. The van der Waals surface area contributed by atoms with Crippen LogP contribution >= 0.6 is 23.1 Å². The van der Waals surface area contributed by atoms with Gasteiger partial charge in [-0.25, -0.2) is 4.98 Å². The topological polar surface area (TPSA) is 76.3 Å². The fourth-order valence-corrected chi connectivity index (χ4v) is 3.54. The number of carbonyl (C=O) groups excluding carboxylic acids is 2. The molecule has 7 heteroatoms. The summed E-state index contributed by atoms with van der Waals surface area (Å²) < 4.78 is 0.871. The smallest absolute Gasteiger partial charge is 0.240 e. The second-order valence-electron chi connectivity index (χ2n) is 4.09. The maximum atomic E-state index is 12.1. The van der Waals surface area contributed by atoms with E-state index in [1.54, 1.807) is 11.1 Å². The zero-order valence-electron chi connectivity index (χ0n) is 9.87. The number of piperidine rings is 1. The first-order valence-electron chi connectivity index (χ1n) is 5.79. The van der Waals surface area contributed by atoms with Crippen molar-refractivity contribution in [1.82, 2.24) is 9.88 Å². The summed E-state index contributed by atoms with van der Waals surface area (Å²) in [7, 11) is 0. The minimum Gasteiger partial charge on any atom is -0.368 e. The lowest BCUT2D eigenvalue weighted by Gasteiger charge is -2.33. The highest BCUT2D eigenvalue weighted by atomic mass is 32.2. The molecule has 0 spiro atoms. The molecule has 1 saturated heterocycles. The summed E-state index contributed by atoms with van der Waals surface area (Å²) in [5.41, 5.74) is 5.34. The molecule has 0 radical (unpaired) electrons. The average molecular weight is 285 g/mol. The minimum absolute atomic E-state index is 0.0290. The van der Waals surface area contributed by atoms with Crippen molar-refractivity contribution in [2.24, 2.45) is 5.73 Å². The molecule has 1 fully saturated rings. The summed E-state index contributed by atoms with van der Waals surface area (Å²) in [6.45, 7) is 0.630. The molecule has 5 nitrogen and oxygen atoms in total. The number of likely N-dealkylation sites (tertiary alicyclic amines) is 1. The highest BCUT2D eigenvalue weighted by Gasteiger charge is 2.30. The number of primary amides is 1. The van der Waals surface area contributed by atoms with Crippen LogP contribution in [0.1, 0.15) is 19.3 Å². The summed E-state index contributed by atoms with van der Waals surface area (Å²) >= 11 is 2.91. The van der Waals surface area contributed by atoms with E-state index in [2.05, 4.69) is 4.98 Å². The van der Waals surface area contributed by atoms with Crippen molar-refractivity contribution in [3.8, 4) is 0 Å². The van der Waals surface area contributed by atoms with Crippen molar-refractivity contribution in [3.63, 3.8) is 0 Å². The van der Waals surface area contributed by atoms with E-state index in [0.29, 0.717) is 18.7 Å². The van der Waals surface area contributed by atoms with E-state index in [0.717, 1.165) is 17.2 Å². The van der Waals surface area contributed by atoms with Gasteiger partial charge in [-0.2, -0.15) is 0 Å². The van der Waals surface area contributed by atoms with Crippen LogP contribution in [0.3, 0.4) is 0 Å². The van der Waals surface area contributed by atoms with Crippen LogP contribution < -0.4 is 5.73 Å². The number of hydrogen-bond acceptors (Lipinski definition) is 5. The molecule has 2 N–H and O–H groups in total. The molecule has 1 aliphatic rings. The Morgan fingerprint density at radius 2 is 2.39 bits per heavy atom. The van der Waals surface area contributed by atoms with Gasteiger partial charge in [-0.05, 0) is 19.3 Å². The van der Waals surface area contributed by atoms with Gasteiger partial charge in [0.2, 0.25) is 11.8 Å². The van der Waals surface area contributed by atoms with Crippen molar-refractivity contribution in [2.45, 2.75) is 29.6 Å². The van der Waals surface area contributed by atoms with Crippen LogP contribution in [0.5, 0.6) is 0 Å². The maximum absolute atomic E-state index is 12.1. The van der Waals surface area contributed by atoms with Gasteiger partial charge in [-0.3, -0.25) is 9.59 Å². The van der Waals surface area contributed by atoms with Gasteiger partial charge < -0.3 is 10.6 Å². The SMILES string of the molecule is NC(=O)C1CCCCN1C(=O)CSc1nccs1. The molecule has 2 amide bonds. The molecule has 0 bridgehead atoms. The van der Waals surface area contributed by atoms with E-state index >= 15 is 0 Å². The van der Waals surface area contributed by atoms with Crippen LogP contribution in [0.25, 0.3) is 0 Å². The molecule has 18 heavy (non-hydrogen) atoms. The van der Waals surface area contributed by atoms with Gasteiger partial charge in [0.15, 0.2) is 0 Å². The third kappa shape index (κ3) is 3.23. The van der Waals surface area contributed by atoms with Crippen LogP contribution in [0, 0.1) is 0 Å². The number of rotatable bonds is 4. The van der Waals surface area contributed by atoms with Gasteiger partial charge in [0.05, 0.1) is 5.75 Å². The zero-order valence-corrected chi connectivity index (χ0v) is 11.5. The van der Waals surface area contributed by atoms with Gasteiger partial charge in [-0.1, -0.05) is 11.8 Å². The largest absolute Gasteiger partial charge is 0.368 e. The van der Waals surface area contributed by atoms with Crippen molar-refractivity contribution in [2.75, 3.05) is 12.3 Å². The number of nitrogens with zero attached hydrogens (tertiary/aromatic N) is 2. The molecule has 0 saturated carbocycles. The van der Waals surface area contributed by atoms with E-state index < -0.39 is 11.9 Å². The van der Waals surface area contributed by atoms with E-state index in [1.807, 2.05) is 5.38 Å².